The first-order valence-electron chi connectivity index (χ1n) is 9.86. The predicted molar refractivity (Wildman–Crippen MR) is 122 cm³/mol. The summed E-state index contributed by atoms with van der Waals surface area (Å²) in [5.74, 6) is -0.291. The van der Waals surface area contributed by atoms with E-state index in [0.717, 1.165) is 0 Å². The number of anilines is 1. The highest BCUT2D eigenvalue weighted by Gasteiger charge is 2.20. The van der Waals surface area contributed by atoms with Crippen LogP contribution < -0.4 is 5.32 Å². The van der Waals surface area contributed by atoms with Crippen LogP contribution in [0.2, 0.25) is 0 Å². The van der Waals surface area contributed by atoms with Gasteiger partial charge in [0.1, 0.15) is 12.0 Å². The Labute approximate surface area is 191 Å². The van der Waals surface area contributed by atoms with Gasteiger partial charge in [-0.15, -0.1) is 10.2 Å². The van der Waals surface area contributed by atoms with Crippen molar-refractivity contribution in [2.75, 3.05) is 5.32 Å². The van der Waals surface area contributed by atoms with Crippen LogP contribution in [0.25, 0.3) is 21.4 Å². The van der Waals surface area contributed by atoms with Crippen molar-refractivity contribution in [2.45, 2.75) is 0 Å². The second-order valence-electron chi connectivity index (χ2n) is 6.90. The number of amides is 1. The zero-order chi connectivity index (χ0) is 23.5. The summed E-state index contributed by atoms with van der Waals surface area (Å²) in [5, 5.41) is 33.6. The molecular formula is C22H14N10O2. The zero-order valence-electron chi connectivity index (χ0n) is 17.3. The average Bonchev–Trinajstić information content (AvgIpc) is 3.53. The molecule has 2 aromatic carbocycles. The Bertz CT molecular complexity index is 1570. The molecule has 0 saturated heterocycles. The number of phenols is 1. The molecular weight excluding hydrogens is 436 g/mol. The van der Waals surface area contributed by atoms with Crippen LogP contribution in [-0.4, -0.2) is 41.0 Å². The number of aromatic amines is 1. The van der Waals surface area contributed by atoms with Crippen molar-refractivity contribution in [1.82, 2.24) is 29.9 Å². The molecule has 0 bridgehead atoms. The molecule has 34 heavy (non-hydrogen) atoms. The van der Waals surface area contributed by atoms with Crippen molar-refractivity contribution < 1.29 is 9.90 Å². The van der Waals surface area contributed by atoms with E-state index in [1.807, 2.05) is 0 Å². The van der Waals surface area contributed by atoms with Gasteiger partial charge in [0.15, 0.2) is 17.4 Å². The summed E-state index contributed by atoms with van der Waals surface area (Å²) < 4.78 is 1.37. The quantitative estimate of drug-likeness (QED) is 0.266. The third kappa shape index (κ3) is 3.69. The Kier molecular flexibility index (Phi) is 5.17. The number of aromatic hydroxyl groups is 1. The van der Waals surface area contributed by atoms with Crippen LogP contribution in [0, 0.1) is 6.57 Å². The van der Waals surface area contributed by atoms with E-state index >= 15 is 0 Å². The molecule has 3 aromatic heterocycles. The minimum absolute atomic E-state index is 0.0345. The van der Waals surface area contributed by atoms with Crippen molar-refractivity contribution in [2.24, 2.45) is 10.2 Å². The van der Waals surface area contributed by atoms with Gasteiger partial charge in [-0.3, -0.25) is 10.1 Å². The molecule has 164 valence electrons. The number of carbonyl (C=O) groups is 1. The number of hydrogen-bond donors (Lipinski definition) is 3. The maximum absolute atomic E-state index is 12.8. The molecule has 0 saturated carbocycles. The van der Waals surface area contributed by atoms with Crippen LogP contribution in [0.1, 0.15) is 10.4 Å². The largest absolute Gasteiger partial charge is 0.505 e. The van der Waals surface area contributed by atoms with E-state index in [4.69, 9.17) is 6.57 Å². The Morgan fingerprint density at radius 3 is 2.76 bits per heavy atom. The van der Waals surface area contributed by atoms with Crippen LogP contribution in [-0.2, 0) is 0 Å². The van der Waals surface area contributed by atoms with Gasteiger partial charge in [-0.1, -0.05) is 30.3 Å². The first-order valence-corrected chi connectivity index (χ1v) is 9.86. The highest BCUT2D eigenvalue weighted by molar-refractivity contribution is 6.11. The highest BCUT2D eigenvalue weighted by atomic mass is 16.3. The number of benzene rings is 2. The minimum Gasteiger partial charge on any atom is -0.505 e. The second-order valence-corrected chi connectivity index (χ2v) is 6.90. The molecule has 12 heteroatoms. The number of phenolic OH excluding ortho intramolecular Hbond substituents is 1. The molecule has 0 aliphatic heterocycles. The summed E-state index contributed by atoms with van der Waals surface area (Å²) in [7, 11) is 0. The lowest BCUT2D eigenvalue weighted by atomic mass is 10.0. The topological polar surface area (TPSA) is 151 Å². The second kappa shape index (κ2) is 8.60. The van der Waals surface area contributed by atoms with Gasteiger partial charge in [0, 0.05) is 11.6 Å². The van der Waals surface area contributed by atoms with Crippen LogP contribution in [0.3, 0.4) is 0 Å². The van der Waals surface area contributed by atoms with Crippen molar-refractivity contribution in [3.8, 4) is 11.6 Å². The number of hydrogen-bond acceptors (Lipinski definition) is 8. The van der Waals surface area contributed by atoms with Crippen LogP contribution in [0.15, 0.2) is 77.5 Å². The molecule has 0 spiro atoms. The molecule has 5 aromatic rings. The van der Waals surface area contributed by atoms with Gasteiger partial charge in [0.2, 0.25) is 5.95 Å². The first kappa shape index (κ1) is 20.5. The van der Waals surface area contributed by atoms with Crippen LogP contribution >= 0.6 is 0 Å². The number of azo groups is 1. The standard InChI is InChI=1S/C22H14N10O2/c1-23-16-11-27-32(17-8-4-5-9-24-17)20(16)30-29-18-14-7-3-2-6-13(14)10-15(19(18)33)21(34)28-22-25-12-26-31-22/h2-12,33H,(H2,25,26,28,31,34). The Balaban J connectivity index is 1.62. The van der Waals surface area contributed by atoms with E-state index in [-0.39, 0.29) is 34.5 Å². The van der Waals surface area contributed by atoms with Crippen molar-refractivity contribution in [3.63, 3.8) is 0 Å². The maximum Gasteiger partial charge on any atom is 0.261 e. The lowest BCUT2D eigenvalue weighted by Crippen LogP contribution is -2.13. The van der Waals surface area contributed by atoms with Gasteiger partial charge < -0.3 is 5.11 Å². The lowest BCUT2D eigenvalue weighted by Gasteiger charge is -2.10. The molecule has 0 radical (unpaired) electrons. The molecule has 3 heterocycles. The Morgan fingerprint density at radius 2 is 2.00 bits per heavy atom. The fraction of sp³-hybridized carbons (Fsp3) is 0. The Morgan fingerprint density at radius 1 is 1.15 bits per heavy atom. The first-order chi connectivity index (χ1) is 16.7. The molecule has 0 aliphatic rings. The number of rotatable bonds is 5. The summed E-state index contributed by atoms with van der Waals surface area (Å²) in [6.45, 7) is 7.43. The molecule has 0 atom stereocenters. The SMILES string of the molecule is [C-]#[N+]c1cnn(-c2ccccn2)c1N=Nc1c(O)c(C(=O)Nc2ncn[nH]2)cc2ccccc12. The summed E-state index contributed by atoms with van der Waals surface area (Å²) in [4.78, 5) is 24.3. The number of H-pyrrole nitrogens is 1. The molecule has 3 N–H and O–H groups in total. The fourth-order valence-electron chi connectivity index (χ4n) is 3.28. The van der Waals surface area contributed by atoms with Gasteiger partial charge in [0.25, 0.3) is 11.6 Å². The third-order valence-electron chi connectivity index (χ3n) is 4.84. The van der Waals surface area contributed by atoms with E-state index < -0.39 is 5.91 Å². The van der Waals surface area contributed by atoms with E-state index in [0.29, 0.717) is 16.6 Å². The van der Waals surface area contributed by atoms with Crippen LogP contribution in [0.4, 0.5) is 23.1 Å². The number of carbonyl (C=O) groups excluding carboxylic acids is 1. The van der Waals surface area contributed by atoms with Crippen molar-refractivity contribution in [3.05, 3.63) is 84.2 Å². The summed E-state index contributed by atoms with van der Waals surface area (Å²) in [6, 6.07) is 13.9. The van der Waals surface area contributed by atoms with E-state index in [1.54, 1.807) is 48.7 Å². The van der Waals surface area contributed by atoms with Crippen molar-refractivity contribution in [1.29, 1.82) is 0 Å². The monoisotopic (exact) mass is 450 g/mol. The summed E-state index contributed by atoms with van der Waals surface area (Å²) in [5.41, 5.74) is 0.177. The van der Waals surface area contributed by atoms with Gasteiger partial charge in [-0.05, 0) is 23.6 Å². The smallest absolute Gasteiger partial charge is 0.261 e. The third-order valence-corrected chi connectivity index (χ3v) is 4.84. The number of fused-ring (bicyclic) bond motifs is 1. The number of nitrogens with one attached hydrogen (secondary N) is 2. The number of pyridine rings is 1. The number of aromatic nitrogens is 6. The Hall–Kier alpha value is -5.44. The van der Waals surface area contributed by atoms with E-state index in [9.17, 15) is 9.90 Å². The van der Waals surface area contributed by atoms with Crippen LogP contribution in [0.5, 0.6) is 5.75 Å². The van der Waals surface area contributed by atoms with Gasteiger partial charge in [-0.2, -0.15) is 15.2 Å². The maximum atomic E-state index is 12.8. The normalized spacial score (nSPS) is 11.0. The molecule has 12 nitrogen and oxygen atoms in total. The lowest BCUT2D eigenvalue weighted by molar-refractivity contribution is 0.102. The van der Waals surface area contributed by atoms with E-state index in [1.165, 1.54) is 23.3 Å². The summed E-state index contributed by atoms with van der Waals surface area (Å²) >= 11 is 0. The molecule has 0 aliphatic carbocycles. The number of nitrogens with zero attached hydrogens (tertiary/aromatic N) is 8. The molecule has 5 rings (SSSR count). The fourth-order valence-corrected chi connectivity index (χ4v) is 3.28. The summed E-state index contributed by atoms with van der Waals surface area (Å²) in [6.07, 6.45) is 4.19. The highest BCUT2D eigenvalue weighted by Crippen LogP contribution is 2.40. The van der Waals surface area contributed by atoms with Gasteiger partial charge >= 0.3 is 0 Å². The van der Waals surface area contributed by atoms with E-state index in [2.05, 4.69) is 45.7 Å². The predicted octanol–water partition coefficient (Wildman–Crippen LogP) is 4.46. The minimum atomic E-state index is -0.614. The molecule has 0 fully saturated rings. The molecule has 0 unspecified atom stereocenters. The van der Waals surface area contributed by atoms with Gasteiger partial charge in [0.05, 0.1) is 18.3 Å². The van der Waals surface area contributed by atoms with Gasteiger partial charge in [-0.25, -0.2) is 19.6 Å². The average molecular weight is 450 g/mol. The molecule has 1 amide bonds. The van der Waals surface area contributed by atoms with Crippen molar-refractivity contribution >= 4 is 39.8 Å². The zero-order valence-corrected chi connectivity index (χ0v) is 17.3.